The number of amidine groups is 1. The molecule has 0 spiro atoms. The molecule has 0 unspecified atom stereocenters. The third-order valence-corrected chi connectivity index (χ3v) is 4.53. The summed E-state index contributed by atoms with van der Waals surface area (Å²) in [4.78, 5) is 22.5. The van der Waals surface area contributed by atoms with Crippen LogP contribution in [0.25, 0.3) is 11.4 Å². The van der Waals surface area contributed by atoms with Crippen LogP contribution in [0.1, 0.15) is 22.5 Å². The Morgan fingerprint density at radius 3 is 2.53 bits per heavy atom. The van der Waals surface area contributed by atoms with Crippen molar-refractivity contribution in [1.82, 2.24) is 20.0 Å². The molecular formula is C19H20F3N7O. The van der Waals surface area contributed by atoms with E-state index in [1.54, 1.807) is 4.90 Å². The lowest BCUT2D eigenvalue weighted by atomic mass is 10.0. The summed E-state index contributed by atoms with van der Waals surface area (Å²) in [6, 6.07) is 4.48. The van der Waals surface area contributed by atoms with Crippen LogP contribution in [-0.2, 0) is 23.9 Å². The first-order chi connectivity index (χ1) is 14.1. The minimum Gasteiger partial charge on any atom is -0.380 e. The zero-order chi connectivity index (χ0) is 22.1. The summed E-state index contributed by atoms with van der Waals surface area (Å²) in [5.41, 5.74) is 7.23. The number of amides is 1. The van der Waals surface area contributed by atoms with Crippen LogP contribution in [0.5, 0.6) is 0 Å². The van der Waals surface area contributed by atoms with Gasteiger partial charge in [-0.3, -0.25) is 4.79 Å². The van der Waals surface area contributed by atoms with Crippen LogP contribution >= 0.6 is 0 Å². The number of hydrazine groups is 1. The second-order valence-electron chi connectivity index (χ2n) is 6.67. The van der Waals surface area contributed by atoms with Crippen LogP contribution in [0, 0.1) is 0 Å². The largest absolute Gasteiger partial charge is 0.416 e. The molecule has 2 aromatic rings. The molecule has 158 valence electrons. The molecule has 2 heterocycles. The van der Waals surface area contributed by atoms with E-state index in [1.807, 2.05) is 0 Å². The second-order valence-corrected chi connectivity index (χ2v) is 6.67. The quantitative estimate of drug-likeness (QED) is 0.256. The topological polar surface area (TPSA) is 114 Å². The number of carbonyl (C=O) groups is 1. The fourth-order valence-corrected chi connectivity index (χ4v) is 3.11. The first kappa shape index (κ1) is 21.2. The van der Waals surface area contributed by atoms with E-state index in [9.17, 15) is 18.0 Å². The van der Waals surface area contributed by atoms with E-state index in [0.717, 1.165) is 17.3 Å². The molecule has 1 aliphatic heterocycles. The molecule has 0 bridgehead atoms. The van der Waals surface area contributed by atoms with Gasteiger partial charge in [-0.15, -0.1) is 5.10 Å². The molecular weight excluding hydrogens is 399 g/mol. The van der Waals surface area contributed by atoms with E-state index in [-0.39, 0.29) is 24.1 Å². The summed E-state index contributed by atoms with van der Waals surface area (Å²) in [5.74, 6) is 5.50. The van der Waals surface area contributed by atoms with Gasteiger partial charge in [-0.05, 0) is 24.6 Å². The van der Waals surface area contributed by atoms with Gasteiger partial charge in [0.05, 0.1) is 17.8 Å². The van der Waals surface area contributed by atoms with E-state index < -0.39 is 11.7 Å². The van der Waals surface area contributed by atoms with Crippen LogP contribution < -0.4 is 11.6 Å². The summed E-state index contributed by atoms with van der Waals surface area (Å²) >= 11 is 0. The number of rotatable bonds is 4. The third kappa shape index (κ3) is 4.40. The number of carbonyl (C=O) groups excluding carboxylic acids is 1. The molecule has 1 aromatic carbocycles. The predicted molar refractivity (Wildman–Crippen MR) is 104 cm³/mol. The second kappa shape index (κ2) is 8.11. The van der Waals surface area contributed by atoms with Gasteiger partial charge in [-0.2, -0.15) is 13.2 Å². The first-order valence-electron chi connectivity index (χ1n) is 8.91. The van der Waals surface area contributed by atoms with Gasteiger partial charge in [0, 0.05) is 24.7 Å². The smallest absolute Gasteiger partial charge is 0.380 e. The zero-order valence-corrected chi connectivity index (χ0v) is 16.1. The summed E-state index contributed by atoms with van der Waals surface area (Å²) in [7, 11) is 1.49. The number of halogens is 3. The average Bonchev–Trinajstić information content (AvgIpc) is 2.70. The summed E-state index contributed by atoms with van der Waals surface area (Å²) < 4.78 is 38.6. The number of hydrogen-bond donors (Lipinski definition) is 2. The molecule has 0 fully saturated rings. The Morgan fingerprint density at radius 2 is 1.97 bits per heavy atom. The molecule has 4 N–H and O–H groups in total. The van der Waals surface area contributed by atoms with Crippen molar-refractivity contribution in [1.29, 1.82) is 0 Å². The van der Waals surface area contributed by atoms with Crippen LogP contribution in [0.15, 0.2) is 42.0 Å². The molecule has 0 saturated heterocycles. The minimum absolute atomic E-state index is 0.0373. The van der Waals surface area contributed by atoms with Crippen molar-refractivity contribution < 1.29 is 18.0 Å². The fraction of sp³-hybridized carbons (Fsp3) is 0.263. The molecule has 8 nitrogen and oxygen atoms in total. The highest BCUT2D eigenvalue weighted by Gasteiger charge is 2.30. The van der Waals surface area contributed by atoms with Gasteiger partial charge < -0.3 is 10.6 Å². The number of hydrazone groups is 1. The van der Waals surface area contributed by atoms with Gasteiger partial charge in [0.1, 0.15) is 5.69 Å². The molecule has 0 atom stereocenters. The Hall–Kier alpha value is -3.47. The van der Waals surface area contributed by atoms with Gasteiger partial charge >= 0.3 is 6.18 Å². The van der Waals surface area contributed by atoms with Gasteiger partial charge in [0.2, 0.25) is 5.91 Å². The molecule has 1 aliphatic rings. The maximum absolute atomic E-state index is 12.9. The molecule has 0 radical (unpaired) electrons. The van der Waals surface area contributed by atoms with Gasteiger partial charge in [-0.1, -0.05) is 18.7 Å². The molecule has 1 aromatic heterocycles. The van der Waals surface area contributed by atoms with E-state index in [4.69, 9.17) is 11.6 Å². The SMILES string of the molecule is C=CC(=O)N1CCc2c(nc(-c3ccc(C(F)(F)F)cc3)nc2/C(N)=N/N(C)N)C1. The Kier molecular flexibility index (Phi) is 5.74. The van der Waals surface area contributed by atoms with E-state index in [2.05, 4.69) is 21.6 Å². The van der Waals surface area contributed by atoms with Gasteiger partial charge in [0.15, 0.2) is 11.7 Å². The van der Waals surface area contributed by atoms with E-state index in [1.165, 1.54) is 25.3 Å². The van der Waals surface area contributed by atoms with Crippen LogP contribution in [0.2, 0.25) is 0 Å². The Balaban J connectivity index is 2.10. The monoisotopic (exact) mass is 419 g/mol. The van der Waals surface area contributed by atoms with E-state index in [0.29, 0.717) is 35.5 Å². The molecule has 0 aliphatic carbocycles. The number of benzene rings is 1. The van der Waals surface area contributed by atoms with Crippen molar-refractivity contribution in [3.05, 3.63) is 59.4 Å². The fourth-order valence-electron chi connectivity index (χ4n) is 3.11. The van der Waals surface area contributed by atoms with Crippen molar-refractivity contribution in [2.75, 3.05) is 13.6 Å². The highest BCUT2D eigenvalue weighted by Crippen LogP contribution is 2.31. The van der Waals surface area contributed by atoms with Crippen LogP contribution in [0.4, 0.5) is 13.2 Å². The summed E-state index contributed by atoms with van der Waals surface area (Å²) in [6.45, 7) is 4.09. The summed E-state index contributed by atoms with van der Waals surface area (Å²) in [5, 5.41) is 5.00. The highest BCUT2D eigenvalue weighted by atomic mass is 19.4. The van der Waals surface area contributed by atoms with Crippen molar-refractivity contribution >= 4 is 11.7 Å². The third-order valence-electron chi connectivity index (χ3n) is 4.53. The van der Waals surface area contributed by atoms with Crippen LogP contribution in [0.3, 0.4) is 0 Å². The minimum atomic E-state index is -4.45. The summed E-state index contributed by atoms with van der Waals surface area (Å²) in [6.07, 6.45) is -2.81. The lowest BCUT2D eigenvalue weighted by molar-refractivity contribution is -0.137. The predicted octanol–water partition coefficient (Wildman–Crippen LogP) is 1.66. The lowest BCUT2D eigenvalue weighted by Gasteiger charge is -2.28. The maximum atomic E-state index is 12.9. The standard InChI is InChI=1S/C19H20F3N7O/c1-3-15(30)29-9-8-13-14(10-29)25-18(26-16(13)17(23)27-28(2)24)11-4-6-12(7-5-11)19(20,21)22/h3-7H,1,8-10,24H2,2H3,(H2,23,27). The molecule has 1 amide bonds. The number of hydrogen-bond acceptors (Lipinski definition) is 6. The Morgan fingerprint density at radius 1 is 1.30 bits per heavy atom. The number of nitrogens with two attached hydrogens (primary N) is 2. The molecule has 3 rings (SSSR count). The Bertz CT molecular complexity index is 1000. The van der Waals surface area contributed by atoms with Crippen LogP contribution in [-0.4, -0.2) is 45.3 Å². The van der Waals surface area contributed by atoms with Gasteiger partial charge in [-0.25, -0.2) is 20.9 Å². The van der Waals surface area contributed by atoms with Crippen molar-refractivity contribution in [3.8, 4) is 11.4 Å². The lowest BCUT2D eigenvalue weighted by Crippen LogP contribution is -2.37. The molecule has 0 saturated carbocycles. The first-order valence-corrected chi connectivity index (χ1v) is 8.91. The normalized spacial score (nSPS) is 14.3. The average molecular weight is 419 g/mol. The molecule has 30 heavy (non-hydrogen) atoms. The van der Waals surface area contributed by atoms with E-state index >= 15 is 0 Å². The highest BCUT2D eigenvalue weighted by molar-refractivity contribution is 5.97. The number of nitrogens with zero attached hydrogens (tertiary/aromatic N) is 5. The maximum Gasteiger partial charge on any atom is 0.416 e. The number of fused-ring (bicyclic) bond motifs is 1. The zero-order valence-electron chi connectivity index (χ0n) is 16.1. The van der Waals surface area contributed by atoms with Crippen molar-refractivity contribution in [3.63, 3.8) is 0 Å². The number of aromatic nitrogens is 2. The molecule has 11 heteroatoms. The van der Waals surface area contributed by atoms with Crippen molar-refractivity contribution in [2.45, 2.75) is 19.1 Å². The number of alkyl halides is 3. The van der Waals surface area contributed by atoms with Gasteiger partial charge in [0.25, 0.3) is 0 Å². The Labute approximate surface area is 170 Å². The van der Waals surface area contributed by atoms with Crippen molar-refractivity contribution in [2.24, 2.45) is 16.7 Å².